The molecule has 5 nitrogen and oxygen atoms in total. The zero-order valence-corrected chi connectivity index (χ0v) is 12.6. The molecule has 1 fully saturated rings. The minimum atomic E-state index is -0.438. The van der Waals surface area contributed by atoms with Gasteiger partial charge in [0.2, 0.25) is 11.8 Å². The van der Waals surface area contributed by atoms with Gasteiger partial charge in [-0.25, -0.2) is 0 Å². The number of nitrogens with two attached hydrogens (primary N) is 1. The Kier molecular flexibility index (Phi) is 5.79. The second-order valence-electron chi connectivity index (χ2n) is 5.93. The van der Waals surface area contributed by atoms with Crippen LogP contribution in [0.25, 0.3) is 0 Å². The van der Waals surface area contributed by atoms with Gasteiger partial charge < -0.3 is 15.5 Å². The van der Waals surface area contributed by atoms with Crippen molar-refractivity contribution in [3.8, 4) is 0 Å². The van der Waals surface area contributed by atoms with Crippen molar-refractivity contribution in [3.63, 3.8) is 0 Å². The van der Waals surface area contributed by atoms with E-state index in [4.69, 9.17) is 5.73 Å². The van der Waals surface area contributed by atoms with Crippen LogP contribution in [0, 0.1) is 11.8 Å². The summed E-state index contributed by atoms with van der Waals surface area (Å²) in [4.78, 5) is 27.8. The van der Waals surface area contributed by atoms with E-state index in [0.717, 1.165) is 13.0 Å². The highest BCUT2D eigenvalue weighted by atomic mass is 16.2. The zero-order chi connectivity index (χ0) is 14.6. The second kappa shape index (κ2) is 6.89. The maximum Gasteiger partial charge on any atom is 0.239 e. The molecule has 0 aromatic carbocycles. The number of rotatable bonds is 3. The molecule has 1 atom stereocenters. The molecular formula is C14H27N3O2. The van der Waals surface area contributed by atoms with E-state index in [-0.39, 0.29) is 23.7 Å². The summed E-state index contributed by atoms with van der Waals surface area (Å²) in [6, 6.07) is -0.438. The largest absolute Gasteiger partial charge is 0.341 e. The van der Waals surface area contributed by atoms with Crippen LogP contribution in [-0.2, 0) is 9.59 Å². The normalized spacial score (nSPS) is 18.7. The highest BCUT2D eigenvalue weighted by Crippen LogP contribution is 2.10. The van der Waals surface area contributed by atoms with Gasteiger partial charge in [0.05, 0.1) is 6.04 Å². The predicted molar refractivity (Wildman–Crippen MR) is 75.4 cm³/mol. The molecule has 0 unspecified atom stereocenters. The van der Waals surface area contributed by atoms with Gasteiger partial charge in [0.25, 0.3) is 0 Å². The summed E-state index contributed by atoms with van der Waals surface area (Å²) in [5, 5.41) is 0. The molecule has 1 aliphatic rings. The van der Waals surface area contributed by atoms with Crippen molar-refractivity contribution in [2.24, 2.45) is 17.6 Å². The van der Waals surface area contributed by atoms with E-state index in [1.807, 2.05) is 32.6 Å². The highest BCUT2D eigenvalue weighted by Gasteiger charge is 2.27. The van der Waals surface area contributed by atoms with Crippen LogP contribution in [0.5, 0.6) is 0 Å². The summed E-state index contributed by atoms with van der Waals surface area (Å²) < 4.78 is 0. The van der Waals surface area contributed by atoms with Gasteiger partial charge in [-0.05, 0) is 12.3 Å². The second-order valence-corrected chi connectivity index (χ2v) is 5.93. The lowest BCUT2D eigenvalue weighted by Gasteiger charge is -2.26. The molecule has 0 radical (unpaired) electrons. The van der Waals surface area contributed by atoms with Crippen LogP contribution in [0.3, 0.4) is 0 Å². The third-order valence-corrected chi connectivity index (χ3v) is 3.62. The van der Waals surface area contributed by atoms with Crippen molar-refractivity contribution >= 4 is 11.8 Å². The van der Waals surface area contributed by atoms with Crippen molar-refractivity contribution in [2.75, 3.05) is 26.2 Å². The van der Waals surface area contributed by atoms with Crippen molar-refractivity contribution in [3.05, 3.63) is 0 Å². The van der Waals surface area contributed by atoms with Gasteiger partial charge in [0, 0.05) is 32.1 Å². The third kappa shape index (κ3) is 4.20. The molecule has 0 spiro atoms. The Morgan fingerprint density at radius 2 is 1.37 bits per heavy atom. The van der Waals surface area contributed by atoms with Crippen LogP contribution in [0.4, 0.5) is 0 Å². The Balaban J connectivity index is 2.59. The maximum absolute atomic E-state index is 12.2. The maximum atomic E-state index is 12.2. The van der Waals surface area contributed by atoms with Crippen molar-refractivity contribution in [2.45, 2.75) is 40.2 Å². The van der Waals surface area contributed by atoms with Crippen LogP contribution in [-0.4, -0.2) is 53.8 Å². The molecule has 1 saturated heterocycles. The third-order valence-electron chi connectivity index (χ3n) is 3.62. The Hall–Kier alpha value is -1.10. The molecule has 2 N–H and O–H groups in total. The quantitative estimate of drug-likeness (QED) is 0.819. The van der Waals surface area contributed by atoms with E-state index in [0.29, 0.717) is 19.6 Å². The van der Waals surface area contributed by atoms with Crippen molar-refractivity contribution in [1.82, 2.24) is 9.80 Å². The lowest BCUT2D eigenvalue weighted by Crippen LogP contribution is -2.48. The topological polar surface area (TPSA) is 66.6 Å². The minimum Gasteiger partial charge on any atom is -0.341 e. The molecule has 19 heavy (non-hydrogen) atoms. The monoisotopic (exact) mass is 269 g/mol. The first-order valence-electron chi connectivity index (χ1n) is 7.17. The van der Waals surface area contributed by atoms with E-state index >= 15 is 0 Å². The molecule has 1 aliphatic heterocycles. The zero-order valence-electron chi connectivity index (χ0n) is 12.6. The summed E-state index contributed by atoms with van der Waals surface area (Å²) in [6.07, 6.45) is 0.828. The standard InChI is InChI=1S/C14H27N3O2/c1-10(2)12(15)14(19)17-7-5-6-16(8-9-17)13(18)11(3)4/h10-12H,5-9,15H2,1-4H3/t12-/m0/s1. The van der Waals surface area contributed by atoms with Gasteiger partial charge in [0.1, 0.15) is 0 Å². The fraction of sp³-hybridized carbons (Fsp3) is 0.857. The fourth-order valence-corrected chi connectivity index (χ4v) is 2.22. The van der Waals surface area contributed by atoms with E-state index in [1.54, 1.807) is 4.90 Å². The predicted octanol–water partition coefficient (Wildman–Crippen LogP) is 0.687. The van der Waals surface area contributed by atoms with Crippen molar-refractivity contribution in [1.29, 1.82) is 0 Å². The molecule has 110 valence electrons. The van der Waals surface area contributed by atoms with Crippen LogP contribution in [0.15, 0.2) is 0 Å². The van der Waals surface area contributed by atoms with E-state index in [9.17, 15) is 9.59 Å². The van der Waals surface area contributed by atoms with Gasteiger partial charge in [0.15, 0.2) is 0 Å². The molecule has 0 aliphatic carbocycles. The molecule has 1 rings (SSSR count). The van der Waals surface area contributed by atoms with E-state index < -0.39 is 6.04 Å². The lowest BCUT2D eigenvalue weighted by atomic mass is 10.0. The Morgan fingerprint density at radius 1 is 0.895 bits per heavy atom. The average molecular weight is 269 g/mol. The first kappa shape index (κ1) is 16.0. The van der Waals surface area contributed by atoms with Gasteiger partial charge in [-0.2, -0.15) is 0 Å². The van der Waals surface area contributed by atoms with Gasteiger partial charge in [-0.1, -0.05) is 27.7 Å². The van der Waals surface area contributed by atoms with Crippen LogP contribution >= 0.6 is 0 Å². The lowest BCUT2D eigenvalue weighted by molar-refractivity contribution is -0.136. The minimum absolute atomic E-state index is 0.00819. The molecule has 0 aromatic rings. The Bertz CT molecular complexity index is 329. The molecule has 0 saturated carbocycles. The molecule has 5 heteroatoms. The first-order valence-corrected chi connectivity index (χ1v) is 7.17. The number of hydrogen-bond acceptors (Lipinski definition) is 3. The van der Waals surface area contributed by atoms with Gasteiger partial charge >= 0.3 is 0 Å². The summed E-state index contributed by atoms with van der Waals surface area (Å²) in [5.74, 6) is 0.334. The SMILES string of the molecule is CC(C)C(=O)N1CCCN(C(=O)[C@@H](N)C(C)C)CC1. The van der Waals surface area contributed by atoms with E-state index in [2.05, 4.69) is 0 Å². The number of carbonyl (C=O) groups excluding carboxylic acids is 2. The van der Waals surface area contributed by atoms with Crippen LogP contribution in [0.1, 0.15) is 34.1 Å². The average Bonchev–Trinajstić information content (AvgIpc) is 2.61. The van der Waals surface area contributed by atoms with E-state index in [1.165, 1.54) is 0 Å². The first-order chi connectivity index (χ1) is 8.84. The fourth-order valence-electron chi connectivity index (χ4n) is 2.22. The molecule has 1 heterocycles. The number of amides is 2. The molecule has 0 bridgehead atoms. The number of carbonyl (C=O) groups is 2. The summed E-state index contributed by atoms with van der Waals surface area (Å²) in [5.41, 5.74) is 5.91. The number of nitrogens with zero attached hydrogens (tertiary/aromatic N) is 2. The molecule has 2 amide bonds. The smallest absolute Gasteiger partial charge is 0.239 e. The summed E-state index contributed by atoms with van der Waals surface area (Å²) in [7, 11) is 0. The van der Waals surface area contributed by atoms with Crippen molar-refractivity contribution < 1.29 is 9.59 Å². The number of hydrogen-bond donors (Lipinski definition) is 1. The molecular weight excluding hydrogens is 242 g/mol. The van der Waals surface area contributed by atoms with Crippen LogP contribution < -0.4 is 5.73 Å². The van der Waals surface area contributed by atoms with Gasteiger partial charge in [-0.3, -0.25) is 9.59 Å². The highest BCUT2D eigenvalue weighted by molar-refractivity contribution is 5.82. The molecule has 0 aromatic heterocycles. The Morgan fingerprint density at radius 3 is 1.79 bits per heavy atom. The van der Waals surface area contributed by atoms with Gasteiger partial charge in [-0.15, -0.1) is 0 Å². The summed E-state index contributed by atoms with van der Waals surface area (Å²) >= 11 is 0. The summed E-state index contributed by atoms with van der Waals surface area (Å²) in [6.45, 7) is 10.4. The van der Waals surface area contributed by atoms with Crippen LogP contribution in [0.2, 0.25) is 0 Å². The Labute approximate surface area is 116 Å².